The smallest absolute Gasteiger partial charge is 0.165 e. The Morgan fingerprint density at radius 1 is 1.33 bits per heavy atom. The number of hydrogen-bond donors (Lipinski definition) is 0. The second kappa shape index (κ2) is 4.08. The van der Waals surface area contributed by atoms with E-state index in [1.807, 2.05) is 0 Å². The van der Waals surface area contributed by atoms with Crippen LogP contribution >= 0.6 is 15.9 Å². The number of rotatable bonds is 4. The summed E-state index contributed by atoms with van der Waals surface area (Å²) in [5.41, 5.74) is 0.138. The Morgan fingerprint density at radius 2 is 2.07 bits per heavy atom. The lowest BCUT2D eigenvalue weighted by Gasteiger charge is -2.13. The largest absolute Gasteiger partial charge is 0.490 e. The fourth-order valence-corrected chi connectivity index (χ4v) is 2.03. The summed E-state index contributed by atoms with van der Waals surface area (Å²) in [6, 6.07) is 3.25. The third-order valence-electron chi connectivity index (χ3n) is 2.67. The molecule has 1 aromatic rings. The van der Waals surface area contributed by atoms with E-state index in [4.69, 9.17) is 4.74 Å². The zero-order valence-corrected chi connectivity index (χ0v) is 9.69. The highest BCUT2D eigenvalue weighted by Crippen LogP contribution is 2.47. The van der Waals surface area contributed by atoms with Crippen molar-refractivity contribution >= 4 is 15.9 Å². The summed E-state index contributed by atoms with van der Waals surface area (Å²) >= 11 is 3.39. The van der Waals surface area contributed by atoms with Crippen molar-refractivity contribution < 1.29 is 13.5 Å². The monoisotopic (exact) mass is 276 g/mol. The third-order valence-corrected chi connectivity index (χ3v) is 3.86. The molecule has 0 atom stereocenters. The molecule has 15 heavy (non-hydrogen) atoms. The van der Waals surface area contributed by atoms with Gasteiger partial charge in [-0.05, 0) is 25.0 Å². The molecule has 82 valence electrons. The van der Waals surface area contributed by atoms with Crippen LogP contribution in [-0.4, -0.2) is 11.9 Å². The fraction of sp³-hybridized carbons (Fsp3) is 0.455. The molecule has 0 amide bonds. The average molecular weight is 277 g/mol. The van der Waals surface area contributed by atoms with E-state index in [0.29, 0.717) is 6.61 Å². The molecule has 1 saturated carbocycles. The molecule has 1 aliphatic carbocycles. The second-order valence-corrected chi connectivity index (χ2v) is 4.56. The van der Waals surface area contributed by atoms with Crippen LogP contribution in [0.4, 0.5) is 8.78 Å². The maximum atomic E-state index is 13.2. The SMILES string of the molecule is Fc1ccc(F)c(OCC2(CBr)CC2)c1. The Labute approximate surface area is 95.6 Å². The molecule has 1 aromatic carbocycles. The summed E-state index contributed by atoms with van der Waals surface area (Å²) in [6.45, 7) is 0.443. The Balaban J connectivity index is 2.01. The first-order valence-electron chi connectivity index (χ1n) is 4.79. The molecule has 0 aromatic heterocycles. The van der Waals surface area contributed by atoms with E-state index < -0.39 is 11.6 Å². The molecule has 0 N–H and O–H groups in total. The van der Waals surface area contributed by atoms with Crippen LogP contribution in [0.15, 0.2) is 18.2 Å². The van der Waals surface area contributed by atoms with E-state index in [0.717, 1.165) is 36.4 Å². The molecule has 1 aliphatic rings. The normalized spacial score (nSPS) is 17.5. The van der Waals surface area contributed by atoms with Crippen LogP contribution in [0.1, 0.15) is 12.8 Å². The van der Waals surface area contributed by atoms with E-state index in [-0.39, 0.29) is 11.2 Å². The van der Waals surface area contributed by atoms with Crippen molar-refractivity contribution in [3.05, 3.63) is 29.8 Å². The predicted octanol–water partition coefficient (Wildman–Crippen LogP) is 3.52. The Hall–Kier alpha value is -0.640. The molecule has 0 radical (unpaired) electrons. The van der Waals surface area contributed by atoms with Gasteiger partial charge in [-0.1, -0.05) is 15.9 Å². The fourth-order valence-electron chi connectivity index (χ4n) is 1.31. The van der Waals surface area contributed by atoms with Gasteiger partial charge in [0, 0.05) is 16.8 Å². The molecular weight excluding hydrogens is 266 g/mol. The molecule has 1 nitrogen and oxygen atoms in total. The number of halogens is 3. The zero-order valence-electron chi connectivity index (χ0n) is 8.10. The predicted molar refractivity (Wildman–Crippen MR) is 57.3 cm³/mol. The molecule has 0 saturated heterocycles. The summed E-state index contributed by atoms with van der Waals surface area (Å²) in [7, 11) is 0. The van der Waals surface area contributed by atoms with Gasteiger partial charge in [0.15, 0.2) is 11.6 Å². The quantitative estimate of drug-likeness (QED) is 0.765. The van der Waals surface area contributed by atoms with E-state index in [1.54, 1.807) is 0 Å². The number of alkyl halides is 1. The standard InChI is InChI=1S/C11H11BrF2O/c12-6-11(3-4-11)7-15-10-5-8(13)1-2-9(10)14/h1-2,5H,3-4,6-7H2. The lowest BCUT2D eigenvalue weighted by atomic mass is 10.2. The lowest BCUT2D eigenvalue weighted by molar-refractivity contribution is 0.240. The van der Waals surface area contributed by atoms with Crippen LogP contribution in [0.2, 0.25) is 0 Å². The van der Waals surface area contributed by atoms with Crippen molar-refractivity contribution in [2.45, 2.75) is 12.8 Å². The van der Waals surface area contributed by atoms with E-state index >= 15 is 0 Å². The van der Waals surface area contributed by atoms with Gasteiger partial charge in [-0.3, -0.25) is 0 Å². The highest BCUT2D eigenvalue weighted by Gasteiger charge is 2.42. The lowest BCUT2D eigenvalue weighted by Crippen LogP contribution is -2.14. The van der Waals surface area contributed by atoms with Crippen LogP contribution < -0.4 is 4.74 Å². The summed E-state index contributed by atoms with van der Waals surface area (Å²) in [6.07, 6.45) is 2.16. The van der Waals surface area contributed by atoms with Crippen molar-refractivity contribution in [3.63, 3.8) is 0 Å². The average Bonchev–Trinajstić information content (AvgIpc) is 3.00. The third kappa shape index (κ3) is 2.48. The van der Waals surface area contributed by atoms with Crippen LogP contribution in [0.25, 0.3) is 0 Å². The van der Waals surface area contributed by atoms with E-state index in [9.17, 15) is 8.78 Å². The number of hydrogen-bond acceptors (Lipinski definition) is 1. The first kappa shape index (κ1) is 10.9. The van der Waals surface area contributed by atoms with E-state index in [1.165, 1.54) is 0 Å². The molecule has 0 heterocycles. The zero-order chi connectivity index (χ0) is 10.9. The van der Waals surface area contributed by atoms with Gasteiger partial charge in [-0.2, -0.15) is 0 Å². The molecule has 0 aliphatic heterocycles. The van der Waals surface area contributed by atoms with Crippen LogP contribution in [0, 0.1) is 17.0 Å². The molecule has 0 spiro atoms. The van der Waals surface area contributed by atoms with Crippen molar-refractivity contribution in [1.29, 1.82) is 0 Å². The Bertz CT molecular complexity index is 364. The van der Waals surface area contributed by atoms with Crippen molar-refractivity contribution in [3.8, 4) is 5.75 Å². The van der Waals surface area contributed by atoms with Gasteiger partial charge in [-0.25, -0.2) is 8.78 Å². The van der Waals surface area contributed by atoms with Gasteiger partial charge in [0.25, 0.3) is 0 Å². The topological polar surface area (TPSA) is 9.23 Å². The molecular formula is C11H11BrF2O. The van der Waals surface area contributed by atoms with Gasteiger partial charge < -0.3 is 4.74 Å². The van der Waals surface area contributed by atoms with Gasteiger partial charge in [0.2, 0.25) is 0 Å². The van der Waals surface area contributed by atoms with Crippen LogP contribution in [0.5, 0.6) is 5.75 Å². The van der Waals surface area contributed by atoms with Gasteiger partial charge >= 0.3 is 0 Å². The summed E-state index contributed by atoms with van der Waals surface area (Å²) in [5.74, 6) is -0.987. The minimum atomic E-state index is -0.512. The molecule has 1 fully saturated rings. The van der Waals surface area contributed by atoms with Crippen molar-refractivity contribution in [1.82, 2.24) is 0 Å². The number of benzene rings is 1. The van der Waals surface area contributed by atoms with Crippen LogP contribution in [-0.2, 0) is 0 Å². The van der Waals surface area contributed by atoms with E-state index in [2.05, 4.69) is 15.9 Å². The maximum Gasteiger partial charge on any atom is 0.165 e. The minimum absolute atomic E-state index is 0.00206. The minimum Gasteiger partial charge on any atom is -0.490 e. The van der Waals surface area contributed by atoms with Gasteiger partial charge in [0.05, 0.1) is 6.61 Å². The van der Waals surface area contributed by atoms with Crippen LogP contribution in [0.3, 0.4) is 0 Å². The molecule has 0 unspecified atom stereocenters. The first-order chi connectivity index (χ1) is 7.15. The van der Waals surface area contributed by atoms with Crippen molar-refractivity contribution in [2.75, 3.05) is 11.9 Å². The Kier molecular flexibility index (Phi) is 2.96. The first-order valence-corrected chi connectivity index (χ1v) is 5.91. The molecule has 4 heteroatoms. The summed E-state index contributed by atoms with van der Waals surface area (Å²) < 4.78 is 31.3. The maximum absolute atomic E-state index is 13.2. The van der Waals surface area contributed by atoms with Gasteiger partial charge in [-0.15, -0.1) is 0 Å². The highest BCUT2D eigenvalue weighted by molar-refractivity contribution is 9.09. The van der Waals surface area contributed by atoms with Crippen molar-refractivity contribution in [2.24, 2.45) is 5.41 Å². The second-order valence-electron chi connectivity index (χ2n) is 4.00. The summed E-state index contributed by atoms with van der Waals surface area (Å²) in [5, 5.41) is 0.844. The van der Waals surface area contributed by atoms with Gasteiger partial charge in [0.1, 0.15) is 5.82 Å². The Morgan fingerprint density at radius 3 is 2.67 bits per heavy atom. The highest BCUT2D eigenvalue weighted by atomic mass is 79.9. The molecule has 0 bridgehead atoms. The number of ether oxygens (including phenoxy) is 1. The summed E-state index contributed by atoms with van der Waals surface area (Å²) in [4.78, 5) is 0. The molecule has 2 rings (SSSR count).